The largest absolute Gasteiger partial charge is 0.360 e. The maximum Gasteiger partial charge on any atom is 0.265 e. The lowest BCUT2D eigenvalue weighted by Crippen LogP contribution is -2.50. The van der Waals surface area contributed by atoms with Gasteiger partial charge in [-0.2, -0.15) is 0 Å². The summed E-state index contributed by atoms with van der Waals surface area (Å²) in [6.45, 7) is 4.49. The van der Waals surface area contributed by atoms with Crippen molar-refractivity contribution in [2.24, 2.45) is 0 Å². The van der Waals surface area contributed by atoms with Crippen LogP contribution >= 0.6 is 22.7 Å². The number of nitrogens with zero attached hydrogens (tertiary/aromatic N) is 4. The van der Waals surface area contributed by atoms with Crippen LogP contribution in [0.2, 0.25) is 0 Å². The fraction of sp³-hybridized carbons (Fsp3) is 0.333. The van der Waals surface area contributed by atoms with Gasteiger partial charge in [0.05, 0.1) is 17.6 Å². The first-order chi connectivity index (χ1) is 13.6. The van der Waals surface area contributed by atoms with E-state index in [4.69, 9.17) is 4.52 Å². The second-order valence-corrected chi connectivity index (χ2v) is 8.42. The first kappa shape index (κ1) is 18.8. The number of hydrogen-bond acceptors (Lipinski definition) is 8. The van der Waals surface area contributed by atoms with Crippen molar-refractivity contribution in [1.29, 1.82) is 0 Å². The third kappa shape index (κ3) is 4.29. The molecule has 3 aromatic rings. The average Bonchev–Trinajstić information content (AvgIpc) is 3.43. The fourth-order valence-electron chi connectivity index (χ4n) is 2.96. The fourth-order valence-corrected chi connectivity index (χ4v) is 4.65. The van der Waals surface area contributed by atoms with E-state index in [0.29, 0.717) is 42.6 Å². The van der Waals surface area contributed by atoms with Crippen LogP contribution in [0.5, 0.6) is 0 Å². The molecule has 10 heteroatoms. The molecular formula is C18H19N5O3S2. The van der Waals surface area contributed by atoms with Gasteiger partial charge in [-0.25, -0.2) is 4.98 Å². The van der Waals surface area contributed by atoms with Gasteiger partial charge in [-0.15, -0.1) is 22.7 Å². The Morgan fingerprint density at radius 1 is 1.29 bits per heavy atom. The predicted octanol–water partition coefficient (Wildman–Crippen LogP) is 2.56. The van der Waals surface area contributed by atoms with Gasteiger partial charge in [0.15, 0.2) is 5.82 Å². The van der Waals surface area contributed by atoms with Gasteiger partial charge in [0, 0.05) is 32.2 Å². The third-order valence-corrected chi connectivity index (χ3v) is 6.40. The molecule has 0 unspecified atom stereocenters. The minimum absolute atomic E-state index is 0.00230. The second kappa shape index (κ2) is 8.21. The van der Waals surface area contributed by atoms with Crippen molar-refractivity contribution in [3.05, 3.63) is 40.4 Å². The van der Waals surface area contributed by atoms with Crippen LogP contribution in [0.1, 0.15) is 15.4 Å². The van der Waals surface area contributed by atoms with Crippen LogP contribution in [0, 0.1) is 6.92 Å². The average molecular weight is 418 g/mol. The first-order valence-corrected chi connectivity index (χ1v) is 10.5. The standard InChI is InChI=1S/C18H19N5O3S2/c1-12-9-15(21-26-12)20-16(24)11-22-4-6-23(7-5-22)18(25)14-10-19-17(28-14)13-3-2-8-27-13/h2-3,8-10H,4-7,11H2,1H3,(H,20,21,24). The van der Waals surface area contributed by atoms with Crippen molar-refractivity contribution in [2.45, 2.75) is 6.92 Å². The monoisotopic (exact) mass is 417 g/mol. The van der Waals surface area contributed by atoms with Crippen molar-refractivity contribution in [2.75, 3.05) is 38.0 Å². The molecule has 1 aliphatic heterocycles. The second-order valence-electron chi connectivity index (χ2n) is 6.45. The number of amides is 2. The molecule has 0 atom stereocenters. The molecule has 0 aromatic carbocycles. The summed E-state index contributed by atoms with van der Waals surface area (Å²) in [6, 6.07) is 5.65. The van der Waals surface area contributed by atoms with Crippen molar-refractivity contribution in [3.8, 4) is 9.88 Å². The van der Waals surface area contributed by atoms with E-state index in [9.17, 15) is 9.59 Å². The molecule has 0 radical (unpaired) electrons. The number of anilines is 1. The van der Waals surface area contributed by atoms with Crippen LogP contribution in [0.3, 0.4) is 0 Å². The molecule has 1 saturated heterocycles. The van der Waals surface area contributed by atoms with Crippen LogP contribution in [-0.2, 0) is 4.79 Å². The number of thiophene rings is 1. The smallest absolute Gasteiger partial charge is 0.265 e. The summed E-state index contributed by atoms with van der Waals surface area (Å²) in [5, 5.41) is 9.34. The van der Waals surface area contributed by atoms with Crippen molar-refractivity contribution >= 4 is 40.3 Å². The molecule has 4 rings (SSSR count). The van der Waals surface area contributed by atoms with Gasteiger partial charge in [0.2, 0.25) is 5.91 Å². The molecule has 3 aromatic heterocycles. The first-order valence-electron chi connectivity index (χ1n) is 8.83. The highest BCUT2D eigenvalue weighted by Crippen LogP contribution is 2.29. The Morgan fingerprint density at radius 2 is 2.11 bits per heavy atom. The lowest BCUT2D eigenvalue weighted by atomic mass is 10.3. The van der Waals surface area contributed by atoms with E-state index in [-0.39, 0.29) is 18.4 Å². The molecule has 1 fully saturated rings. The summed E-state index contributed by atoms with van der Waals surface area (Å²) < 4.78 is 4.94. The number of thiazole rings is 1. The van der Waals surface area contributed by atoms with Crippen LogP contribution in [0.4, 0.5) is 5.82 Å². The van der Waals surface area contributed by atoms with Crippen LogP contribution in [0.25, 0.3) is 9.88 Å². The highest BCUT2D eigenvalue weighted by Gasteiger charge is 2.25. The zero-order chi connectivity index (χ0) is 19.5. The lowest BCUT2D eigenvalue weighted by molar-refractivity contribution is -0.117. The molecule has 1 aliphatic rings. The Labute approximate surface area is 169 Å². The number of nitrogens with one attached hydrogen (secondary N) is 1. The molecule has 4 heterocycles. The van der Waals surface area contributed by atoms with E-state index >= 15 is 0 Å². The number of carbonyl (C=O) groups is 2. The zero-order valence-electron chi connectivity index (χ0n) is 15.3. The topological polar surface area (TPSA) is 91.6 Å². The van der Waals surface area contributed by atoms with Crippen LogP contribution in [-0.4, -0.2) is 64.5 Å². The van der Waals surface area contributed by atoms with E-state index < -0.39 is 0 Å². The van der Waals surface area contributed by atoms with Crippen molar-refractivity contribution in [3.63, 3.8) is 0 Å². The van der Waals surface area contributed by atoms with Gasteiger partial charge in [0.25, 0.3) is 5.91 Å². The number of aryl methyl sites for hydroxylation is 1. The predicted molar refractivity (Wildman–Crippen MR) is 108 cm³/mol. The Hall–Kier alpha value is -2.56. The molecule has 1 N–H and O–H groups in total. The summed E-state index contributed by atoms with van der Waals surface area (Å²) >= 11 is 3.03. The number of rotatable bonds is 5. The summed E-state index contributed by atoms with van der Waals surface area (Å²) in [5.74, 6) is 0.925. The van der Waals surface area contributed by atoms with Gasteiger partial charge in [-0.05, 0) is 18.4 Å². The summed E-state index contributed by atoms with van der Waals surface area (Å²) in [5.41, 5.74) is 0. The molecule has 0 aliphatic carbocycles. The van der Waals surface area contributed by atoms with Gasteiger partial charge >= 0.3 is 0 Å². The Kier molecular flexibility index (Phi) is 5.51. The maximum absolute atomic E-state index is 12.7. The Bertz CT molecular complexity index is 958. The molecule has 28 heavy (non-hydrogen) atoms. The highest BCUT2D eigenvalue weighted by molar-refractivity contribution is 7.21. The van der Waals surface area contributed by atoms with E-state index in [1.807, 2.05) is 27.3 Å². The number of aromatic nitrogens is 2. The van der Waals surface area contributed by atoms with Gasteiger partial charge in [0.1, 0.15) is 15.6 Å². The summed E-state index contributed by atoms with van der Waals surface area (Å²) in [7, 11) is 0. The highest BCUT2D eigenvalue weighted by atomic mass is 32.1. The van der Waals surface area contributed by atoms with Gasteiger partial charge in [-0.1, -0.05) is 11.2 Å². The van der Waals surface area contributed by atoms with E-state index in [1.54, 1.807) is 30.5 Å². The normalized spacial score (nSPS) is 15.0. The molecule has 0 spiro atoms. The number of piperazine rings is 1. The summed E-state index contributed by atoms with van der Waals surface area (Å²) in [4.78, 5) is 34.8. The van der Waals surface area contributed by atoms with E-state index in [2.05, 4.69) is 15.5 Å². The van der Waals surface area contributed by atoms with E-state index in [1.165, 1.54) is 11.3 Å². The molecule has 146 valence electrons. The van der Waals surface area contributed by atoms with Crippen molar-refractivity contribution < 1.29 is 14.1 Å². The van der Waals surface area contributed by atoms with E-state index in [0.717, 1.165) is 9.88 Å². The SMILES string of the molecule is Cc1cc(NC(=O)CN2CCN(C(=O)c3cnc(-c4cccs4)s3)CC2)no1. The molecular weight excluding hydrogens is 398 g/mol. The number of carbonyl (C=O) groups excluding carboxylic acids is 2. The maximum atomic E-state index is 12.7. The van der Waals surface area contributed by atoms with Crippen LogP contribution < -0.4 is 5.32 Å². The molecule has 0 saturated carbocycles. The number of hydrogen-bond donors (Lipinski definition) is 1. The quantitative estimate of drug-likeness (QED) is 0.686. The van der Waals surface area contributed by atoms with Gasteiger partial charge in [-0.3, -0.25) is 14.5 Å². The Balaban J connectivity index is 1.28. The minimum Gasteiger partial charge on any atom is -0.360 e. The third-order valence-electron chi connectivity index (χ3n) is 4.37. The van der Waals surface area contributed by atoms with Crippen LogP contribution in [0.15, 0.2) is 34.3 Å². The zero-order valence-corrected chi connectivity index (χ0v) is 16.9. The van der Waals surface area contributed by atoms with Crippen molar-refractivity contribution in [1.82, 2.24) is 19.9 Å². The molecule has 2 amide bonds. The molecule has 8 nitrogen and oxygen atoms in total. The Morgan fingerprint density at radius 3 is 2.79 bits per heavy atom. The summed E-state index contributed by atoms with van der Waals surface area (Å²) in [6.07, 6.45) is 1.65. The molecule has 0 bridgehead atoms. The lowest BCUT2D eigenvalue weighted by Gasteiger charge is -2.33. The minimum atomic E-state index is -0.142. The van der Waals surface area contributed by atoms with Gasteiger partial charge < -0.3 is 14.7 Å².